The number of imidazole rings is 1. The summed E-state index contributed by atoms with van der Waals surface area (Å²) in [7, 11) is 1.64. The molecule has 8 heteroatoms. The van der Waals surface area contributed by atoms with Crippen LogP contribution < -0.4 is 0 Å². The number of fused-ring (bicyclic) bond motifs is 5. The quantitative estimate of drug-likeness (QED) is 0.405. The molecule has 4 heterocycles. The Balaban J connectivity index is 1.50. The Bertz CT molecular complexity index is 1430. The van der Waals surface area contributed by atoms with Crippen LogP contribution in [0.1, 0.15) is 34.4 Å². The molecule has 1 unspecified atom stereocenters. The molecule has 8 nitrogen and oxygen atoms in total. The molecule has 0 aliphatic carbocycles. The molecular weight excluding hydrogens is 416 g/mol. The van der Waals surface area contributed by atoms with Gasteiger partial charge in [-0.15, -0.1) is 16.6 Å². The predicted molar refractivity (Wildman–Crippen MR) is 122 cm³/mol. The molecule has 0 fully saturated rings. The lowest BCUT2D eigenvalue weighted by Gasteiger charge is -2.09. The van der Waals surface area contributed by atoms with E-state index in [9.17, 15) is 0 Å². The maximum atomic E-state index is 6.03. The third-order valence-electron chi connectivity index (χ3n) is 5.98. The first kappa shape index (κ1) is 19.5. The van der Waals surface area contributed by atoms with Gasteiger partial charge in [0, 0.05) is 18.2 Å². The van der Waals surface area contributed by atoms with E-state index in [0.717, 1.165) is 39.7 Å². The molecule has 33 heavy (non-hydrogen) atoms. The Morgan fingerprint density at radius 1 is 1.18 bits per heavy atom. The second-order valence-electron chi connectivity index (χ2n) is 7.92. The molecular formula is C25H20N6O2. The number of hydrogen-bond donors (Lipinski definition) is 0. The average molecular weight is 436 g/mol. The first-order valence-electron chi connectivity index (χ1n) is 10.6. The van der Waals surface area contributed by atoms with Gasteiger partial charge in [0.1, 0.15) is 31.3 Å². The molecule has 2 aliphatic heterocycles. The molecule has 2 aliphatic rings. The first-order chi connectivity index (χ1) is 16.3. The largest absolute Gasteiger partial charge is 0.474 e. The number of rotatable bonds is 4. The standard InChI is InChI=1S/C25H20N6O2/c1-3-16-9-10-20-18(11-16)24-29-28-22(14-32-2)30(24)12-21-23(26-15-31(20)21)25-27-19(13-33-25)17-7-5-4-6-8-17/h1,4-11,15,19H,12-14H2,2H3. The molecule has 6 rings (SSSR count). The predicted octanol–water partition coefficient (Wildman–Crippen LogP) is 3.14. The molecule has 0 N–H and O–H groups in total. The average Bonchev–Trinajstić information content (AvgIpc) is 3.57. The minimum Gasteiger partial charge on any atom is -0.474 e. The van der Waals surface area contributed by atoms with Crippen LogP contribution in [0.2, 0.25) is 0 Å². The van der Waals surface area contributed by atoms with Gasteiger partial charge in [-0.05, 0) is 23.8 Å². The van der Waals surface area contributed by atoms with Crippen LogP contribution in [0.25, 0.3) is 17.1 Å². The smallest absolute Gasteiger partial charge is 0.238 e. The van der Waals surface area contributed by atoms with Crippen LogP contribution >= 0.6 is 0 Å². The van der Waals surface area contributed by atoms with Crippen molar-refractivity contribution in [2.75, 3.05) is 13.7 Å². The van der Waals surface area contributed by atoms with Crippen LogP contribution in [0.4, 0.5) is 0 Å². The molecule has 0 spiro atoms. The fourth-order valence-electron chi connectivity index (χ4n) is 4.36. The van der Waals surface area contributed by atoms with Crippen LogP contribution in [-0.2, 0) is 22.6 Å². The van der Waals surface area contributed by atoms with Gasteiger partial charge in [-0.2, -0.15) is 0 Å². The molecule has 1 atom stereocenters. The minimum atomic E-state index is -0.0515. The topological polar surface area (TPSA) is 79.3 Å². The van der Waals surface area contributed by atoms with E-state index in [1.807, 2.05) is 41.0 Å². The summed E-state index contributed by atoms with van der Waals surface area (Å²) in [5.41, 5.74) is 5.36. The van der Waals surface area contributed by atoms with Gasteiger partial charge in [0.25, 0.3) is 0 Å². The number of terminal acetylenes is 1. The Hall–Kier alpha value is -4.22. The molecule has 0 bridgehead atoms. The van der Waals surface area contributed by atoms with Gasteiger partial charge in [0.05, 0.1) is 17.9 Å². The number of nitrogens with zero attached hydrogens (tertiary/aromatic N) is 6. The minimum absolute atomic E-state index is 0.0515. The number of benzene rings is 2. The molecule has 4 aromatic rings. The van der Waals surface area contributed by atoms with Crippen molar-refractivity contribution in [3.8, 4) is 29.4 Å². The molecule has 0 amide bonds. The summed E-state index contributed by atoms with van der Waals surface area (Å²) in [6.45, 7) is 1.32. The summed E-state index contributed by atoms with van der Waals surface area (Å²) in [5.74, 6) is 4.71. The lowest BCUT2D eigenvalue weighted by molar-refractivity contribution is 0.174. The molecule has 0 radical (unpaired) electrons. The molecule has 0 saturated heterocycles. The van der Waals surface area contributed by atoms with E-state index in [0.29, 0.717) is 31.4 Å². The van der Waals surface area contributed by atoms with Crippen molar-refractivity contribution in [3.63, 3.8) is 0 Å². The highest BCUT2D eigenvalue weighted by atomic mass is 16.5. The van der Waals surface area contributed by atoms with Crippen LogP contribution in [0, 0.1) is 12.3 Å². The zero-order chi connectivity index (χ0) is 22.4. The number of aromatic nitrogens is 5. The molecule has 2 aromatic heterocycles. The monoisotopic (exact) mass is 436 g/mol. The van der Waals surface area contributed by atoms with Crippen molar-refractivity contribution in [1.29, 1.82) is 0 Å². The zero-order valence-electron chi connectivity index (χ0n) is 18.0. The summed E-state index contributed by atoms with van der Waals surface area (Å²) in [6, 6.07) is 16.0. The second-order valence-corrected chi connectivity index (χ2v) is 7.92. The van der Waals surface area contributed by atoms with E-state index in [4.69, 9.17) is 25.9 Å². The van der Waals surface area contributed by atoms with E-state index in [1.54, 1.807) is 13.4 Å². The van der Waals surface area contributed by atoms with Gasteiger partial charge in [0.15, 0.2) is 11.6 Å². The number of aliphatic imine (C=N–C) groups is 1. The van der Waals surface area contributed by atoms with Crippen molar-refractivity contribution in [1.82, 2.24) is 24.3 Å². The number of methoxy groups -OCH3 is 1. The molecule has 2 aromatic carbocycles. The first-order valence-corrected chi connectivity index (χ1v) is 10.6. The van der Waals surface area contributed by atoms with Gasteiger partial charge in [-0.1, -0.05) is 36.3 Å². The third-order valence-corrected chi connectivity index (χ3v) is 5.98. The highest BCUT2D eigenvalue weighted by Crippen LogP contribution is 2.34. The highest BCUT2D eigenvalue weighted by molar-refractivity contribution is 5.95. The lowest BCUT2D eigenvalue weighted by Crippen LogP contribution is -2.13. The highest BCUT2D eigenvalue weighted by Gasteiger charge is 2.30. The molecule has 0 saturated carbocycles. The summed E-state index contributed by atoms with van der Waals surface area (Å²) in [4.78, 5) is 9.56. The summed E-state index contributed by atoms with van der Waals surface area (Å²) in [5, 5.41) is 8.83. The van der Waals surface area contributed by atoms with Gasteiger partial charge in [-0.25, -0.2) is 9.98 Å². The van der Waals surface area contributed by atoms with Crippen molar-refractivity contribution in [3.05, 3.63) is 83.2 Å². The van der Waals surface area contributed by atoms with E-state index >= 15 is 0 Å². The van der Waals surface area contributed by atoms with E-state index in [1.165, 1.54) is 0 Å². The van der Waals surface area contributed by atoms with Crippen LogP contribution in [0.3, 0.4) is 0 Å². The second kappa shape index (κ2) is 7.73. The zero-order valence-corrected chi connectivity index (χ0v) is 18.0. The van der Waals surface area contributed by atoms with Gasteiger partial charge in [-0.3, -0.25) is 4.57 Å². The number of hydrogen-bond acceptors (Lipinski definition) is 6. The van der Waals surface area contributed by atoms with Crippen LogP contribution in [-0.4, -0.2) is 43.9 Å². The SMILES string of the molecule is C#Cc1ccc2c(c1)-c1nnc(COC)n1Cc1c(C3=NC(c4ccccc4)CO3)ncn1-2. The lowest BCUT2D eigenvalue weighted by atomic mass is 10.1. The maximum absolute atomic E-state index is 6.03. The van der Waals surface area contributed by atoms with E-state index in [2.05, 4.69) is 32.8 Å². The normalized spacial score (nSPS) is 16.1. The number of ether oxygens (including phenoxy) is 2. The Kier molecular flexibility index (Phi) is 4.56. The van der Waals surface area contributed by atoms with E-state index < -0.39 is 0 Å². The van der Waals surface area contributed by atoms with Gasteiger partial charge >= 0.3 is 0 Å². The van der Waals surface area contributed by atoms with E-state index in [-0.39, 0.29) is 6.04 Å². The third kappa shape index (κ3) is 3.13. The van der Waals surface area contributed by atoms with Crippen LogP contribution in [0.15, 0.2) is 59.9 Å². The van der Waals surface area contributed by atoms with Crippen molar-refractivity contribution < 1.29 is 9.47 Å². The Morgan fingerprint density at radius 3 is 2.88 bits per heavy atom. The summed E-state index contributed by atoms with van der Waals surface area (Å²) < 4.78 is 15.5. The van der Waals surface area contributed by atoms with Crippen molar-refractivity contribution in [2.24, 2.45) is 4.99 Å². The van der Waals surface area contributed by atoms with Gasteiger partial charge in [0.2, 0.25) is 5.90 Å². The Morgan fingerprint density at radius 2 is 2.06 bits per heavy atom. The fourth-order valence-corrected chi connectivity index (χ4v) is 4.36. The van der Waals surface area contributed by atoms with Crippen molar-refractivity contribution in [2.45, 2.75) is 19.2 Å². The van der Waals surface area contributed by atoms with Gasteiger partial charge < -0.3 is 14.0 Å². The Labute approximate surface area is 190 Å². The molecule has 162 valence electrons. The fraction of sp³-hybridized carbons (Fsp3) is 0.200. The summed E-state index contributed by atoms with van der Waals surface area (Å²) >= 11 is 0. The van der Waals surface area contributed by atoms with Crippen LogP contribution in [0.5, 0.6) is 0 Å². The maximum Gasteiger partial charge on any atom is 0.238 e. The summed E-state index contributed by atoms with van der Waals surface area (Å²) in [6.07, 6.45) is 7.48. The van der Waals surface area contributed by atoms with Crippen molar-refractivity contribution >= 4 is 5.90 Å².